The van der Waals surface area contributed by atoms with Crippen molar-refractivity contribution in [3.05, 3.63) is 35.7 Å². The molecule has 5 heteroatoms. The molecule has 1 atom stereocenters. The van der Waals surface area contributed by atoms with E-state index in [0.717, 1.165) is 18.7 Å². The first kappa shape index (κ1) is 14.2. The Hall–Kier alpha value is -1.72. The minimum Gasteiger partial charge on any atom is -0.367 e. The van der Waals surface area contributed by atoms with Crippen molar-refractivity contribution in [1.82, 2.24) is 15.5 Å². The second kappa shape index (κ2) is 5.58. The molecule has 1 aliphatic rings. The summed E-state index contributed by atoms with van der Waals surface area (Å²) in [5.41, 5.74) is 2.36. The summed E-state index contributed by atoms with van der Waals surface area (Å²) < 4.78 is 11.0. The van der Waals surface area contributed by atoms with Gasteiger partial charge in [0.1, 0.15) is 6.10 Å². The molecule has 1 saturated heterocycles. The Morgan fingerprint density at radius 3 is 2.57 bits per heavy atom. The molecule has 1 aromatic heterocycles. The van der Waals surface area contributed by atoms with Gasteiger partial charge >= 0.3 is 0 Å². The van der Waals surface area contributed by atoms with Crippen LogP contribution in [0.2, 0.25) is 0 Å². The number of benzene rings is 1. The third-order valence-electron chi connectivity index (χ3n) is 3.66. The van der Waals surface area contributed by atoms with Crippen LogP contribution in [-0.2, 0) is 10.2 Å². The number of nitrogens with one attached hydrogen (secondary N) is 1. The second-order valence-corrected chi connectivity index (χ2v) is 6.35. The Morgan fingerprint density at radius 1 is 1.19 bits per heavy atom. The van der Waals surface area contributed by atoms with Gasteiger partial charge < -0.3 is 14.6 Å². The van der Waals surface area contributed by atoms with Gasteiger partial charge in [-0.2, -0.15) is 4.98 Å². The van der Waals surface area contributed by atoms with Crippen molar-refractivity contribution in [2.75, 3.05) is 19.7 Å². The van der Waals surface area contributed by atoms with Crippen molar-refractivity contribution in [2.45, 2.75) is 32.3 Å². The van der Waals surface area contributed by atoms with Gasteiger partial charge in [-0.3, -0.25) is 0 Å². The smallest absolute Gasteiger partial charge is 0.258 e. The normalized spacial score (nSPS) is 19.7. The van der Waals surface area contributed by atoms with Gasteiger partial charge in [-0.1, -0.05) is 38.1 Å². The lowest BCUT2D eigenvalue weighted by atomic mass is 9.87. The molecule has 112 valence electrons. The van der Waals surface area contributed by atoms with E-state index in [9.17, 15) is 0 Å². The Kier molecular flexibility index (Phi) is 3.78. The quantitative estimate of drug-likeness (QED) is 0.920. The van der Waals surface area contributed by atoms with Crippen molar-refractivity contribution in [2.24, 2.45) is 0 Å². The zero-order valence-electron chi connectivity index (χ0n) is 12.7. The molecular weight excluding hydrogens is 266 g/mol. The fourth-order valence-corrected chi connectivity index (χ4v) is 2.33. The lowest BCUT2D eigenvalue weighted by Gasteiger charge is -2.20. The zero-order valence-corrected chi connectivity index (χ0v) is 12.7. The van der Waals surface area contributed by atoms with Crippen LogP contribution in [0.4, 0.5) is 0 Å². The molecule has 0 spiro atoms. The highest BCUT2D eigenvalue weighted by Crippen LogP contribution is 2.26. The maximum atomic E-state index is 5.63. The summed E-state index contributed by atoms with van der Waals surface area (Å²) in [4.78, 5) is 4.45. The highest BCUT2D eigenvalue weighted by Gasteiger charge is 2.22. The van der Waals surface area contributed by atoms with Crippen LogP contribution in [0, 0.1) is 0 Å². The van der Waals surface area contributed by atoms with Gasteiger partial charge in [0.2, 0.25) is 5.82 Å². The molecule has 5 nitrogen and oxygen atoms in total. The fourth-order valence-electron chi connectivity index (χ4n) is 2.33. The SMILES string of the molecule is CC(C)(C)c1ccc(-c2nc(C3CNCCO3)no2)cc1. The molecular formula is C16H21N3O2. The largest absolute Gasteiger partial charge is 0.367 e. The maximum absolute atomic E-state index is 5.63. The van der Waals surface area contributed by atoms with Crippen LogP contribution >= 0.6 is 0 Å². The summed E-state index contributed by atoms with van der Waals surface area (Å²) in [6.07, 6.45) is -0.120. The highest BCUT2D eigenvalue weighted by molar-refractivity contribution is 5.53. The molecule has 1 N–H and O–H groups in total. The van der Waals surface area contributed by atoms with Crippen molar-refractivity contribution < 1.29 is 9.26 Å². The first-order chi connectivity index (χ1) is 10.0. The molecule has 0 amide bonds. The molecule has 21 heavy (non-hydrogen) atoms. The van der Waals surface area contributed by atoms with Crippen molar-refractivity contribution >= 4 is 0 Å². The number of rotatable bonds is 2. The number of ether oxygens (including phenoxy) is 1. The molecule has 0 saturated carbocycles. The fraction of sp³-hybridized carbons (Fsp3) is 0.500. The zero-order chi connectivity index (χ0) is 14.9. The summed E-state index contributed by atoms with van der Waals surface area (Å²) >= 11 is 0. The summed E-state index contributed by atoms with van der Waals surface area (Å²) in [6.45, 7) is 8.85. The van der Waals surface area contributed by atoms with Crippen LogP contribution in [0.3, 0.4) is 0 Å². The predicted octanol–water partition coefficient (Wildman–Crippen LogP) is 2.70. The predicted molar refractivity (Wildman–Crippen MR) is 80.0 cm³/mol. The van der Waals surface area contributed by atoms with Crippen LogP contribution in [-0.4, -0.2) is 29.8 Å². The van der Waals surface area contributed by atoms with E-state index in [-0.39, 0.29) is 11.5 Å². The van der Waals surface area contributed by atoms with E-state index < -0.39 is 0 Å². The van der Waals surface area contributed by atoms with Crippen molar-refractivity contribution in [1.29, 1.82) is 0 Å². The average Bonchev–Trinajstić information content (AvgIpc) is 2.97. The van der Waals surface area contributed by atoms with Crippen LogP contribution in [0.1, 0.15) is 38.3 Å². The Morgan fingerprint density at radius 2 is 1.95 bits per heavy atom. The summed E-state index contributed by atoms with van der Waals surface area (Å²) in [7, 11) is 0. The summed E-state index contributed by atoms with van der Waals surface area (Å²) in [5.74, 6) is 1.15. The van der Waals surface area contributed by atoms with Gasteiger partial charge in [-0.25, -0.2) is 0 Å². The number of morpholine rings is 1. The Balaban J connectivity index is 1.79. The van der Waals surface area contributed by atoms with Crippen molar-refractivity contribution in [3.8, 4) is 11.5 Å². The Bertz CT molecular complexity index is 593. The van der Waals surface area contributed by atoms with E-state index in [2.05, 4.69) is 48.4 Å². The number of aromatic nitrogens is 2. The van der Waals surface area contributed by atoms with Gasteiger partial charge in [0.05, 0.1) is 6.61 Å². The van der Waals surface area contributed by atoms with Crippen molar-refractivity contribution in [3.63, 3.8) is 0 Å². The Labute approximate surface area is 124 Å². The molecule has 2 heterocycles. The minimum absolute atomic E-state index is 0.120. The van der Waals surface area contributed by atoms with Gasteiger partial charge in [0, 0.05) is 18.7 Å². The molecule has 0 radical (unpaired) electrons. The summed E-state index contributed by atoms with van der Waals surface area (Å²) in [5, 5.41) is 7.30. The standard InChI is InChI=1S/C16H21N3O2/c1-16(2,3)12-6-4-11(5-7-12)15-18-14(19-21-15)13-10-17-8-9-20-13/h4-7,13,17H,8-10H2,1-3H3. The molecule has 0 aliphatic carbocycles. The number of nitrogens with zero attached hydrogens (tertiary/aromatic N) is 2. The molecule has 0 bridgehead atoms. The van der Waals surface area contributed by atoms with Crippen LogP contribution < -0.4 is 5.32 Å². The van der Waals surface area contributed by atoms with E-state index in [0.29, 0.717) is 18.3 Å². The monoisotopic (exact) mass is 287 g/mol. The molecule has 1 unspecified atom stereocenters. The third-order valence-corrected chi connectivity index (χ3v) is 3.66. The van der Waals surface area contributed by atoms with E-state index in [1.165, 1.54) is 5.56 Å². The first-order valence-corrected chi connectivity index (χ1v) is 7.31. The van der Waals surface area contributed by atoms with E-state index in [1.807, 2.05) is 12.1 Å². The van der Waals surface area contributed by atoms with Gasteiger partial charge in [0.25, 0.3) is 5.89 Å². The third kappa shape index (κ3) is 3.14. The van der Waals surface area contributed by atoms with Crippen LogP contribution in [0.5, 0.6) is 0 Å². The van der Waals surface area contributed by atoms with Gasteiger partial charge in [-0.15, -0.1) is 0 Å². The topological polar surface area (TPSA) is 60.2 Å². The van der Waals surface area contributed by atoms with Gasteiger partial charge in [-0.05, 0) is 23.1 Å². The molecule has 2 aromatic rings. The first-order valence-electron chi connectivity index (χ1n) is 7.31. The molecule has 3 rings (SSSR count). The lowest BCUT2D eigenvalue weighted by Crippen LogP contribution is -2.33. The van der Waals surface area contributed by atoms with Crippen LogP contribution in [0.25, 0.3) is 11.5 Å². The van der Waals surface area contributed by atoms with E-state index in [1.54, 1.807) is 0 Å². The maximum Gasteiger partial charge on any atom is 0.258 e. The second-order valence-electron chi connectivity index (χ2n) is 6.35. The van der Waals surface area contributed by atoms with E-state index in [4.69, 9.17) is 9.26 Å². The summed E-state index contributed by atoms with van der Waals surface area (Å²) in [6, 6.07) is 8.27. The molecule has 1 aliphatic heterocycles. The van der Waals surface area contributed by atoms with E-state index >= 15 is 0 Å². The lowest BCUT2D eigenvalue weighted by molar-refractivity contribution is 0.0208. The highest BCUT2D eigenvalue weighted by atomic mass is 16.5. The minimum atomic E-state index is -0.120. The van der Waals surface area contributed by atoms with Crippen LogP contribution in [0.15, 0.2) is 28.8 Å². The molecule has 1 fully saturated rings. The van der Waals surface area contributed by atoms with Gasteiger partial charge in [0.15, 0.2) is 0 Å². The number of hydrogen-bond acceptors (Lipinski definition) is 5. The number of hydrogen-bond donors (Lipinski definition) is 1. The molecule has 1 aromatic carbocycles. The average molecular weight is 287 g/mol.